The van der Waals surface area contributed by atoms with E-state index >= 15 is 0 Å². The second-order valence-electron chi connectivity index (χ2n) is 3.45. The Hall–Kier alpha value is -1.24. The van der Waals surface area contributed by atoms with E-state index in [9.17, 15) is 9.59 Å². The zero-order chi connectivity index (χ0) is 9.68. The molecule has 3 atom stereocenters. The highest BCUT2D eigenvalue weighted by atomic mass is 16.1. The van der Waals surface area contributed by atoms with Crippen LogP contribution in [0.4, 0.5) is 0 Å². The molecule has 4 nitrogen and oxygen atoms in total. The van der Waals surface area contributed by atoms with E-state index in [1.807, 2.05) is 6.92 Å². The summed E-state index contributed by atoms with van der Waals surface area (Å²) in [5, 5.41) is 0. The van der Waals surface area contributed by atoms with Crippen LogP contribution in [0, 0.1) is 5.92 Å². The number of nitrogens with zero attached hydrogens (tertiary/aromatic N) is 2. The minimum atomic E-state index is -0.0200. The Morgan fingerprint density at radius 3 is 2.46 bits per heavy atom. The fraction of sp³-hybridized carbons (Fsp3) is 0.778. The van der Waals surface area contributed by atoms with Gasteiger partial charge in [-0.3, -0.25) is 0 Å². The number of hydrogen-bond donors (Lipinski definition) is 0. The van der Waals surface area contributed by atoms with Gasteiger partial charge in [-0.2, -0.15) is 0 Å². The minimum absolute atomic E-state index is 0.00389. The van der Waals surface area contributed by atoms with Crippen molar-refractivity contribution in [2.45, 2.75) is 38.3 Å². The van der Waals surface area contributed by atoms with Gasteiger partial charge in [0.05, 0.1) is 12.1 Å². The average molecular weight is 180 g/mol. The van der Waals surface area contributed by atoms with Gasteiger partial charge in [0.25, 0.3) is 0 Å². The van der Waals surface area contributed by atoms with Crippen LogP contribution in [-0.2, 0) is 9.59 Å². The summed E-state index contributed by atoms with van der Waals surface area (Å²) in [6.07, 6.45) is 5.63. The van der Waals surface area contributed by atoms with Crippen LogP contribution in [0.15, 0.2) is 9.98 Å². The largest absolute Gasteiger partial charge is 0.235 e. The van der Waals surface area contributed by atoms with Crippen LogP contribution in [0.3, 0.4) is 0 Å². The summed E-state index contributed by atoms with van der Waals surface area (Å²) in [5.41, 5.74) is 0. The Morgan fingerprint density at radius 2 is 1.85 bits per heavy atom. The van der Waals surface area contributed by atoms with Gasteiger partial charge < -0.3 is 0 Å². The second kappa shape index (κ2) is 4.70. The van der Waals surface area contributed by atoms with Crippen molar-refractivity contribution >= 4 is 12.2 Å². The van der Waals surface area contributed by atoms with Gasteiger partial charge in [0.1, 0.15) is 0 Å². The highest BCUT2D eigenvalue weighted by Crippen LogP contribution is 2.27. The normalized spacial score (nSPS) is 32.8. The van der Waals surface area contributed by atoms with E-state index in [0.29, 0.717) is 12.3 Å². The number of aliphatic imine (C=N–C) groups is 2. The summed E-state index contributed by atoms with van der Waals surface area (Å²) >= 11 is 0. The molecule has 1 rings (SSSR count). The molecular weight excluding hydrogens is 168 g/mol. The first-order valence-electron chi connectivity index (χ1n) is 4.42. The molecule has 0 radical (unpaired) electrons. The first kappa shape index (κ1) is 9.85. The van der Waals surface area contributed by atoms with Gasteiger partial charge in [0, 0.05) is 0 Å². The Morgan fingerprint density at radius 1 is 1.15 bits per heavy atom. The smallest absolute Gasteiger partial charge is 0.211 e. The van der Waals surface area contributed by atoms with Crippen LogP contribution in [0.2, 0.25) is 0 Å². The lowest BCUT2D eigenvalue weighted by atomic mass is 9.83. The standard InChI is InChI=1S/C9H12N2O2/c1-7-2-3-8(10-5-12)4-9(7)11-6-13/h7-9H,2-4H2,1H3/t7?,8-,9?/m0/s1. The molecule has 0 spiro atoms. The molecule has 1 aliphatic rings. The monoisotopic (exact) mass is 180 g/mol. The second-order valence-corrected chi connectivity index (χ2v) is 3.45. The molecular formula is C9H12N2O2. The first-order chi connectivity index (χ1) is 6.27. The topological polar surface area (TPSA) is 58.9 Å². The number of hydrogen-bond acceptors (Lipinski definition) is 4. The summed E-state index contributed by atoms with van der Waals surface area (Å²) < 4.78 is 0. The molecule has 13 heavy (non-hydrogen) atoms. The quantitative estimate of drug-likeness (QED) is 0.473. The van der Waals surface area contributed by atoms with Gasteiger partial charge in [-0.05, 0) is 25.2 Å². The van der Waals surface area contributed by atoms with Crippen LogP contribution in [0.1, 0.15) is 26.2 Å². The lowest BCUT2D eigenvalue weighted by molar-refractivity contribution is 0.302. The van der Waals surface area contributed by atoms with Crippen molar-refractivity contribution in [1.82, 2.24) is 0 Å². The molecule has 0 heterocycles. The Balaban J connectivity index is 2.62. The third kappa shape index (κ3) is 2.62. The van der Waals surface area contributed by atoms with Crippen molar-refractivity contribution in [2.24, 2.45) is 15.9 Å². The third-order valence-electron chi connectivity index (χ3n) is 2.58. The van der Waals surface area contributed by atoms with E-state index in [-0.39, 0.29) is 12.1 Å². The van der Waals surface area contributed by atoms with E-state index in [4.69, 9.17) is 0 Å². The summed E-state index contributed by atoms with van der Waals surface area (Å²) in [6.45, 7) is 2.05. The minimum Gasteiger partial charge on any atom is -0.211 e. The van der Waals surface area contributed by atoms with E-state index in [1.165, 1.54) is 0 Å². The summed E-state index contributed by atoms with van der Waals surface area (Å²) in [4.78, 5) is 27.5. The van der Waals surface area contributed by atoms with Crippen molar-refractivity contribution in [3.63, 3.8) is 0 Å². The molecule has 0 amide bonds. The highest BCUT2D eigenvalue weighted by Gasteiger charge is 2.27. The van der Waals surface area contributed by atoms with Gasteiger partial charge in [-0.1, -0.05) is 6.92 Å². The molecule has 1 fully saturated rings. The van der Waals surface area contributed by atoms with Gasteiger partial charge in [0.2, 0.25) is 12.2 Å². The first-order valence-corrected chi connectivity index (χ1v) is 4.42. The van der Waals surface area contributed by atoms with Gasteiger partial charge in [0.15, 0.2) is 0 Å². The SMILES string of the molecule is CC1CC[C@H](N=C=O)CC1N=C=O. The molecule has 0 aromatic heterocycles. The van der Waals surface area contributed by atoms with Crippen LogP contribution in [-0.4, -0.2) is 24.2 Å². The summed E-state index contributed by atoms with van der Waals surface area (Å²) in [6, 6.07) is -0.0239. The molecule has 0 aromatic carbocycles. The number of isocyanates is 2. The highest BCUT2D eigenvalue weighted by molar-refractivity contribution is 5.35. The molecule has 1 saturated carbocycles. The van der Waals surface area contributed by atoms with Crippen LogP contribution in [0.5, 0.6) is 0 Å². The lowest BCUT2D eigenvalue weighted by Crippen LogP contribution is -2.28. The zero-order valence-electron chi connectivity index (χ0n) is 7.56. The van der Waals surface area contributed by atoms with Crippen LogP contribution in [0.25, 0.3) is 0 Å². The maximum absolute atomic E-state index is 10.1. The van der Waals surface area contributed by atoms with Crippen LogP contribution < -0.4 is 0 Å². The third-order valence-corrected chi connectivity index (χ3v) is 2.58. The average Bonchev–Trinajstić information content (AvgIpc) is 2.12. The number of carbonyl (C=O) groups excluding carboxylic acids is 2. The van der Waals surface area contributed by atoms with E-state index in [2.05, 4.69) is 9.98 Å². The molecule has 2 unspecified atom stereocenters. The van der Waals surface area contributed by atoms with Crippen LogP contribution >= 0.6 is 0 Å². The zero-order valence-corrected chi connectivity index (χ0v) is 7.56. The molecule has 4 heteroatoms. The number of rotatable bonds is 2. The molecule has 0 bridgehead atoms. The molecule has 0 saturated heterocycles. The van der Waals surface area contributed by atoms with E-state index in [1.54, 1.807) is 12.2 Å². The maximum Gasteiger partial charge on any atom is 0.235 e. The molecule has 70 valence electrons. The van der Waals surface area contributed by atoms with Crippen molar-refractivity contribution in [1.29, 1.82) is 0 Å². The Bertz CT molecular complexity index is 265. The van der Waals surface area contributed by atoms with Gasteiger partial charge in [-0.25, -0.2) is 19.6 Å². The molecule has 0 aromatic rings. The van der Waals surface area contributed by atoms with Crippen molar-refractivity contribution in [2.75, 3.05) is 0 Å². The van der Waals surface area contributed by atoms with Crippen molar-refractivity contribution < 1.29 is 9.59 Å². The van der Waals surface area contributed by atoms with E-state index < -0.39 is 0 Å². The maximum atomic E-state index is 10.1. The summed E-state index contributed by atoms with van der Waals surface area (Å²) in [7, 11) is 0. The van der Waals surface area contributed by atoms with E-state index in [0.717, 1.165) is 12.8 Å². The van der Waals surface area contributed by atoms with Gasteiger partial charge >= 0.3 is 0 Å². The Labute approximate surface area is 76.8 Å². The van der Waals surface area contributed by atoms with Crippen molar-refractivity contribution in [3.8, 4) is 0 Å². The predicted octanol–water partition coefficient (Wildman–Crippen LogP) is 1.22. The fourth-order valence-electron chi connectivity index (χ4n) is 1.72. The van der Waals surface area contributed by atoms with Crippen molar-refractivity contribution in [3.05, 3.63) is 0 Å². The molecule has 0 aliphatic heterocycles. The fourth-order valence-corrected chi connectivity index (χ4v) is 1.72. The molecule has 1 aliphatic carbocycles. The predicted molar refractivity (Wildman–Crippen MR) is 46.8 cm³/mol. The summed E-state index contributed by atoms with van der Waals surface area (Å²) in [5.74, 6) is 0.388. The Kier molecular flexibility index (Phi) is 3.56. The van der Waals surface area contributed by atoms with Gasteiger partial charge in [-0.15, -0.1) is 0 Å². The lowest BCUT2D eigenvalue weighted by Gasteiger charge is -2.27. The molecule has 0 N–H and O–H groups in total.